The lowest BCUT2D eigenvalue weighted by atomic mass is 10.1. The van der Waals surface area contributed by atoms with E-state index in [0.717, 1.165) is 19.6 Å². The van der Waals surface area contributed by atoms with E-state index in [2.05, 4.69) is 43.4 Å². The number of benzene rings is 1. The standard InChI is InChI=1S/C13H21NO/c1-11-5-4-6-13(9-11)10-12(2)14-7-8-15-3/h4-6,9,12,14H,7-8,10H2,1-3H3. The van der Waals surface area contributed by atoms with Crippen molar-refractivity contribution < 1.29 is 4.74 Å². The Bertz CT molecular complexity index is 286. The number of hydrogen-bond donors (Lipinski definition) is 1. The van der Waals surface area contributed by atoms with Crippen LogP contribution in [-0.2, 0) is 11.2 Å². The molecule has 2 heteroatoms. The van der Waals surface area contributed by atoms with Crippen LogP contribution in [0.3, 0.4) is 0 Å². The zero-order valence-corrected chi connectivity index (χ0v) is 9.92. The maximum atomic E-state index is 5.00. The highest BCUT2D eigenvalue weighted by molar-refractivity contribution is 5.22. The van der Waals surface area contributed by atoms with Gasteiger partial charge in [0.2, 0.25) is 0 Å². The van der Waals surface area contributed by atoms with Crippen LogP contribution in [-0.4, -0.2) is 26.3 Å². The van der Waals surface area contributed by atoms with Gasteiger partial charge in [-0.05, 0) is 25.8 Å². The largest absolute Gasteiger partial charge is 0.383 e. The summed E-state index contributed by atoms with van der Waals surface area (Å²) in [6.07, 6.45) is 1.07. The highest BCUT2D eigenvalue weighted by Gasteiger charge is 2.02. The second-order valence-electron chi connectivity index (χ2n) is 4.04. The fourth-order valence-corrected chi connectivity index (χ4v) is 1.67. The number of ether oxygens (including phenoxy) is 1. The molecule has 0 radical (unpaired) electrons. The second-order valence-corrected chi connectivity index (χ2v) is 4.04. The molecular weight excluding hydrogens is 186 g/mol. The first-order chi connectivity index (χ1) is 7.22. The Labute approximate surface area is 92.6 Å². The van der Waals surface area contributed by atoms with Gasteiger partial charge in [-0.25, -0.2) is 0 Å². The maximum Gasteiger partial charge on any atom is 0.0587 e. The Hall–Kier alpha value is -0.860. The van der Waals surface area contributed by atoms with Gasteiger partial charge in [-0.2, -0.15) is 0 Å². The topological polar surface area (TPSA) is 21.3 Å². The molecule has 0 heterocycles. The van der Waals surface area contributed by atoms with E-state index in [-0.39, 0.29) is 0 Å². The van der Waals surface area contributed by atoms with E-state index in [1.165, 1.54) is 11.1 Å². The first-order valence-corrected chi connectivity index (χ1v) is 5.50. The van der Waals surface area contributed by atoms with Crippen LogP contribution in [0, 0.1) is 6.92 Å². The molecule has 0 spiro atoms. The first kappa shape index (κ1) is 12.2. The number of hydrogen-bond acceptors (Lipinski definition) is 2. The predicted octanol–water partition coefficient (Wildman–Crippen LogP) is 2.16. The molecule has 1 aromatic carbocycles. The van der Waals surface area contributed by atoms with Crippen molar-refractivity contribution in [3.05, 3.63) is 35.4 Å². The van der Waals surface area contributed by atoms with Crippen LogP contribution in [0.4, 0.5) is 0 Å². The van der Waals surface area contributed by atoms with Gasteiger partial charge in [-0.15, -0.1) is 0 Å². The van der Waals surface area contributed by atoms with Crippen LogP contribution >= 0.6 is 0 Å². The van der Waals surface area contributed by atoms with Gasteiger partial charge in [0.15, 0.2) is 0 Å². The van der Waals surface area contributed by atoms with Gasteiger partial charge >= 0.3 is 0 Å². The maximum absolute atomic E-state index is 5.00. The molecule has 0 bridgehead atoms. The molecule has 0 aliphatic rings. The van der Waals surface area contributed by atoms with Crippen molar-refractivity contribution in [3.63, 3.8) is 0 Å². The van der Waals surface area contributed by atoms with Gasteiger partial charge in [-0.1, -0.05) is 29.8 Å². The molecule has 1 aromatic rings. The Morgan fingerprint density at radius 1 is 1.40 bits per heavy atom. The Balaban J connectivity index is 2.34. The highest BCUT2D eigenvalue weighted by atomic mass is 16.5. The zero-order chi connectivity index (χ0) is 11.1. The number of methoxy groups -OCH3 is 1. The van der Waals surface area contributed by atoms with Crippen LogP contribution in [0.1, 0.15) is 18.1 Å². The summed E-state index contributed by atoms with van der Waals surface area (Å²) >= 11 is 0. The van der Waals surface area contributed by atoms with Crippen LogP contribution in [0.2, 0.25) is 0 Å². The first-order valence-electron chi connectivity index (χ1n) is 5.50. The normalized spacial score (nSPS) is 12.7. The number of rotatable bonds is 6. The van der Waals surface area contributed by atoms with E-state index in [0.29, 0.717) is 6.04 Å². The summed E-state index contributed by atoms with van der Waals surface area (Å²) in [5, 5.41) is 3.43. The van der Waals surface area contributed by atoms with Gasteiger partial charge in [0, 0.05) is 19.7 Å². The molecule has 1 rings (SSSR count). The summed E-state index contributed by atoms with van der Waals surface area (Å²) in [6.45, 7) is 6.03. The van der Waals surface area contributed by atoms with Crippen molar-refractivity contribution in [1.82, 2.24) is 5.32 Å². The van der Waals surface area contributed by atoms with Crippen LogP contribution in [0.15, 0.2) is 24.3 Å². The molecule has 0 aliphatic carbocycles. The lowest BCUT2D eigenvalue weighted by Gasteiger charge is -2.13. The Kier molecular flexibility index (Phi) is 5.37. The minimum atomic E-state index is 0.502. The quantitative estimate of drug-likeness (QED) is 0.722. The zero-order valence-electron chi connectivity index (χ0n) is 9.92. The summed E-state index contributed by atoms with van der Waals surface area (Å²) in [6, 6.07) is 9.18. The fourth-order valence-electron chi connectivity index (χ4n) is 1.67. The highest BCUT2D eigenvalue weighted by Crippen LogP contribution is 2.06. The van der Waals surface area contributed by atoms with Gasteiger partial charge in [0.25, 0.3) is 0 Å². The van der Waals surface area contributed by atoms with E-state index >= 15 is 0 Å². The molecule has 1 atom stereocenters. The molecule has 0 saturated carbocycles. The smallest absolute Gasteiger partial charge is 0.0587 e. The molecule has 0 amide bonds. The average molecular weight is 207 g/mol. The average Bonchev–Trinajstić information content (AvgIpc) is 2.18. The third kappa shape index (κ3) is 4.96. The second kappa shape index (κ2) is 6.59. The third-order valence-electron chi connectivity index (χ3n) is 2.42. The van der Waals surface area contributed by atoms with Crippen LogP contribution < -0.4 is 5.32 Å². The van der Waals surface area contributed by atoms with E-state index < -0.39 is 0 Å². The van der Waals surface area contributed by atoms with E-state index in [1.807, 2.05) is 0 Å². The van der Waals surface area contributed by atoms with Crippen LogP contribution in [0.5, 0.6) is 0 Å². The van der Waals surface area contributed by atoms with Crippen LogP contribution in [0.25, 0.3) is 0 Å². The molecule has 15 heavy (non-hydrogen) atoms. The van der Waals surface area contributed by atoms with Crippen molar-refractivity contribution >= 4 is 0 Å². The molecular formula is C13H21NO. The SMILES string of the molecule is COCCNC(C)Cc1cccc(C)c1. The van der Waals surface area contributed by atoms with Gasteiger partial charge < -0.3 is 10.1 Å². The number of aryl methyl sites for hydroxylation is 1. The van der Waals surface area contributed by atoms with Gasteiger partial charge in [0.05, 0.1) is 6.61 Å². The summed E-state index contributed by atoms with van der Waals surface area (Å²) < 4.78 is 5.00. The van der Waals surface area contributed by atoms with E-state index in [9.17, 15) is 0 Å². The van der Waals surface area contributed by atoms with Crippen molar-refractivity contribution in [2.75, 3.05) is 20.3 Å². The van der Waals surface area contributed by atoms with Gasteiger partial charge in [0.1, 0.15) is 0 Å². The molecule has 2 nitrogen and oxygen atoms in total. The molecule has 0 aliphatic heterocycles. The predicted molar refractivity (Wildman–Crippen MR) is 64.2 cm³/mol. The molecule has 1 N–H and O–H groups in total. The summed E-state index contributed by atoms with van der Waals surface area (Å²) in [7, 11) is 1.73. The molecule has 0 fully saturated rings. The molecule has 1 unspecified atom stereocenters. The Morgan fingerprint density at radius 3 is 2.87 bits per heavy atom. The minimum absolute atomic E-state index is 0.502. The van der Waals surface area contributed by atoms with Crippen molar-refractivity contribution in [2.45, 2.75) is 26.3 Å². The lowest BCUT2D eigenvalue weighted by Crippen LogP contribution is -2.30. The van der Waals surface area contributed by atoms with Gasteiger partial charge in [-0.3, -0.25) is 0 Å². The number of nitrogens with one attached hydrogen (secondary N) is 1. The molecule has 84 valence electrons. The third-order valence-corrected chi connectivity index (χ3v) is 2.42. The molecule has 0 saturated heterocycles. The summed E-state index contributed by atoms with van der Waals surface area (Å²) in [4.78, 5) is 0. The van der Waals surface area contributed by atoms with Crippen molar-refractivity contribution in [2.24, 2.45) is 0 Å². The Morgan fingerprint density at radius 2 is 2.20 bits per heavy atom. The minimum Gasteiger partial charge on any atom is -0.383 e. The summed E-state index contributed by atoms with van der Waals surface area (Å²) in [5.41, 5.74) is 2.73. The van der Waals surface area contributed by atoms with E-state index in [4.69, 9.17) is 4.74 Å². The fraction of sp³-hybridized carbons (Fsp3) is 0.538. The monoisotopic (exact) mass is 207 g/mol. The lowest BCUT2D eigenvalue weighted by molar-refractivity contribution is 0.196. The van der Waals surface area contributed by atoms with Crippen molar-refractivity contribution in [1.29, 1.82) is 0 Å². The van der Waals surface area contributed by atoms with Crippen molar-refractivity contribution in [3.8, 4) is 0 Å². The molecule has 0 aromatic heterocycles. The summed E-state index contributed by atoms with van der Waals surface area (Å²) in [5.74, 6) is 0. The van der Waals surface area contributed by atoms with E-state index in [1.54, 1.807) is 7.11 Å².